The molecule has 2 N–H and O–H groups in total. The van der Waals surface area contributed by atoms with Gasteiger partial charge in [0.25, 0.3) is 5.91 Å². The number of aliphatic hydroxyl groups excluding tert-OH is 1. The highest BCUT2D eigenvalue weighted by Gasteiger charge is 2.15. The van der Waals surface area contributed by atoms with E-state index in [1.165, 1.54) is 0 Å². The fourth-order valence-electron chi connectivity index (χ4n) is 0.527. The summed E-state index contributed by atoms with van der Waals surface area (Å²) in [5, 5.41) is 8.67. The van der Waals surface area contributed by atoms with Crippen molar-refractivity contribution in [3.63, 3.8) is 0 Å². The van der Waals surface area contributed by atoms with E-state index in [1.54, 1.807) is 0 Å². The van der Waals surface area contributed by atoms with Gasteiger partial charge in [0.05, 0.1) is 0 Å². The second-order valence-electron chi connectivity index (χ2n) is 1.69. The van der Waals surface area contributed by atoms with Crippen molar-refractivity contribution in [1.82, 2.24) is 10.9 Å². The lowest BCUT2D eigenvalue weighted by molar-refractivity contribution is -0.127. The number of aliphatic hydroxyl groups is 1. The maximum absolute atomic E-state index is 10.3. The van der Waals surface area contributed by atoms with E-state index < -0.39 is 6.23 Å². The largest absolute Gasteiger partial charge is 0.377 e. The van der Waals surface area contributed by atoms with E-state index in [4.69, 9.17) is 5.11 Å². The van der Waals surface area contributed by atoms with Crippen LogP contribution < -0.4 is 10.9 Å². The first-order chi connectivity index (χ1) is 3.79. The zero-order valence-electron chi connectivity index (χ0n) is 4.29. The topological polar surface area (TPSA) is 63.4 Å². The predicted molar refractivity (Wildman–Crippen MR) is 25.5 cm³/mol. The fraction of sp³-hybridized carbons (Fsp3) is 0.750. The molecule has 4 nitrogen and oxygen atoms in total. The lowest BCUT2D eigenvalue weighted by atomic mass is 10.2. The summed E-state index contributed by atoms with van der Waals surface area (Å²) in [5.74, 6) is -0.185. The number of hydrogen-bond donors (Lipinski definition) is 2. The SMILES string of the molecule is O=C1CCC(O)N[N]1. The Labute approximate surface area is 46.9 Å². The molecule has 0 bridgehead atoms. The van der Waals surface area contributed by atoms with Crippen molar-refractivity contribution in [3.8, 4) is 0 Å². The molecule has 1 heterocycles. The van der Waals surface area contributed by atoms with E-state index in [0.29, 0.717) is 12.8 Å². The van der Waals surface area contributed by atoms with Crippen LogP contribution >= 0.6 is 0 Å². The molecule has 0 aromatic carbocycles. The van der Waals surface area contributed by atoms with Gasteiger partial charge in [0.2, 0.25) is 0 Å². The van der Waals surface area contributed by atoms with Crippen molar-refractivity contribution in [3.05, 3.63) is 0 Å². The van der Waals surface area contributed by atoms with Crippen LogP contribution in [0.5, 0.6) is 0 Å². The second kappa shape index (κ2) is 2.11. The number of nitrogens with zero attached hydrogens (tertiary/aromatic N) is 1. The van der Waals surface area contributed by atoms with Gasteiger partial charge in [-0.05, 0) is 6.42 Å². The second-order valence-corrected chi connectivity index (χ2v) is 1.69. The predicted octanol–water partition coefficient (Wildman–Crippen LogP) is -1.27. The summed E-state index contributed by atoms with van der Waals surface area (Å²) in [6.45, 7) is 0. The van der Waals surface area contributed by atoms with Crippen LogP contribution in [-0.4, -0.2) is 17.2 Å². The number of amides is 1. The molecule has 0 spiro atoms. The summed E-state index contributed by atoms with van der Waals surface area (Å²) in [7, 11) is 0. The van der Waals surface area contributed by atoms with Crippen LogP contribution in [0.3, 0.4) is 0 Å². The maximum atomic E-state index is 10.3. The first-order valence-electron chi connectivity index (χ1n) is 2.46. The third-order valence-electron chi connectivity index (χ3n) is 0.970. The van der Waals surface area contributed by atoms with Crippen molar-refractivity contribution in [2.24, 2.45) is 0 Å². The summed E-state index contributed by atoms with van der Waals surface area (Å²) < 4.78 is 0. The molecule has 0 saturated carbocycles. The zero-order valence-corrected chi connectivity index (χ0v) is 4.29. The van der Waals surface area contributed by atoms with Gasteiger partial charge in [-0.1, -0.05) is 0 Å². The molecule has 4 heteroatoms. The van der Waals surface area contributed by atoms with Crippen LogP contribution in [-0.2, 0) is 4.79 Å². The lowest BCUT2D eigenvalue weighted by Crippen LogP contribution is -2.43. The van der Waals surface area contributed by atoms with Crippen molar-refractivity contribution in [2.75, 3.05) is 0 Å². The Balaban J connectivity index is 2.29. The molecule has 1 rings (SSSR count). The molecule has 1 amide bonds. The molecular formula is C4H7N2O2. The van der Waals surface area contributed by atoms with Crippen LogP contribution in [0, 0.1) is 0 Å². The van der Waals surface area contributed by atoms with Gasteiger partial charge in [-0.15, -0.1) is 0 Å². The summed E-state index contributed by atoms with van der Waals surface area (Å²) in [6.07, 6.45) is 0.212. The summed E-state index contributed by atoms with van der Waals surface area (Å²) in [6, 6.07) is 0. The van der Waals surface area contributed by atoms with Gasteiger partial charge in [-0.2, -0.15) is 10.9 Å². The van der Waals surface area contributed by atoms with Crippen molar-refractivity contribution >= 4 is 5.91 Å². The van der Waals surface area contributed by atoms with E-state index in [0.717, 1.165) is 0 Å². The number of nitrogens with one attached hydrogen (secondary N) is 1. The lowest BCUT2D eigenvalue weighted by Gasteiger charge is -2.15. The molecule has 1 unspecified atom stereocenters. The van der Waals surface area contributed by atoms with Gasteiger partial charge >= 0.3 is 0 Å². The summed E-state index contributed by atoms with van der Waals surface area (Å²) in [5.41, 5.74) is 5.53. The van der Waals surface area contributed by atoms with Gasteiger partial charge in [0.1, 0.15) is 6.23 Å². The third-order valence-corrected chi connectivity index (χ3v) is 0.970. The molecule has 0 aliphatic carbocycles. The first-order valence-corrected chi connectivity index (χ1v) is 2.46. The van der Waals surface area contributed by atoms with Crippen LogP contribution in [0.2, 0.25) is 0 Å². The highest BCUT2D eigenvalue weighted by atomic mass is 16.3. The average molecular weight is 115 g/mol. The normalized spacial score (nSPS) is 29.6. The third kappa shape index (κ3) is 1.18. The molecule has 1 fully saturated rings. The average Bonchev–Trinajstić information content (AvgIpc) is 1.77. The van der Waals surface area contributed by atoms with E-state index in [1.807, 2.05) is 0 Å². The Morgan fingerprint density at radius 3 is 3.00 bits per heavy atom. The van der Waals surface area contributed by atoms with Gasteiger partial charge in [-0.3, -0.25) is 4.79 Å². The number of carbonyl (C=O) groups excluding carboxylic acids is 1. The highest BCUT2D eigenvalue weighted by Crippen LogP contribution is 1.97. The molecule has 1 atom stereocenters. The Morgan fingerprint density at radius 1 is 1.88 bits per heavy atom. The Hall–Kier alpha value is -0.610. The first kappa shape index (κ1) is 5.53. The maximum Gasteiger partial charge on any atom is 0.257 e. The zero-order chi connectivity index (χ0) is 5.98. The monoisotopic (exact) mass is 115 g/mol. The van der Waals surface area contributed by atoms with Crippen LogP contribution in [0.15, 0.2) is 0 Å². The standard InChI is InChI=1S/C4H7N2O2/c7-3-1-2-4(8)6-5-3/h3,5,7H,1-2H2. The molecule has 0 aromatic heterocycles. The van der Waals surface area contributed by atoms with Gasteiger partial charge in [0, 0.05) is 6.42 Å². The van der Waals surface area contributed by atoms with Crippen LogP contribution in [0.4, 0.5) is 0 Å². The minimum atomic E-state index is -0.618. The van der Waals surface area contributed by atoms with Crippen molar-refractivity contribution < 1.29 is 9.90 Å². The van der Waals surface area contributed by atoms with E-state index >= 15 is 0 Å². The quantitative estimate of drug-likeness (QED) is 0.414. The molecule has 0 aromatic rings. The molecule has 1 radical (unpaired) electrons. The van der Waals surface area contributed by atoms with Crippen LogP contribution in [0.25, 0.3) is 0 Å². The summed E-state index contributed by atoms with van der Waals surface area (Å²) >= 11 is 0. The van der Waals surface area contributed by atoms with E-state index in [9.17, 15) is 4.79 Å². The molecule has 8 heavy (non-hydrogen) atoms. The molecular weight excluding hydrogens is 108 g/mol. The van der Waals surface area contributed by atoms with Gasteiger partial charge in [-0.25, -0.2) is 0 Å². The smallest absolute Gasteiger partial charge is 0.257 e. The molecule has 45 valence electrons. The highest BCUT2D eigenvalue weighted by molar-refractivity contribution is 5.75. The van der Waals surface area contributed by atoms with Crippen LogP contribution in [0.1, 0.15) is 12.8 Å². The summed E-state index contributed by atoms with van der Waals surface area (Å²) in [4.78, 5) is 10.3. The minimum Gasteiger partial charge on any atom is -0.377 e. The van der Waals surface area contributed by atoms with E-state index in [2.05, 4.69) is 10.9 Å². The van der Waals surface area contributed by atoms with Gasteiger partial charge < -0.3 is 5.11 Å². The minimum absolute atomic E-state index is 0.185. The Morgan fingerprint density at radius 2 is 2.62 bits per heavy atom. The van der Waals surface area contributed by atoms with E-state index in [-0.39, 0.29) is 5.91 Å². The molecule has 1 aliphatic rings. The fourth-order valence-corrected chi connectivity index (χ4v) is 0.527. The Kier molecular flexibility index (Phi) is 1.45. The molecule has 1 saturated heterocycles. The number of rotatable bonds is 0. The van der Waals surface area contributed by atoms with Crippen molar-refractivity contribution in [1.29, 1.82) is 0 Å². The van der Waals surface area contributed by atoms with Crippen molar-refractivity contribution in [2.45, 2.75) is 19.1 Å². The van der Waals surface area contributed by atoms with Gasteiger partial charge in [0.15, 0.2) is 0 Å². The Bertz CT molecular complexity index is 94.2. The molecule has 1 aliphatic heterocycles. The number of carbonyl (C=O) groups is 1. The number of hydrogen-bond acceptors (Lipinski definition) is 3.